The van der Waals surface area contributed by atoms with Gasteiger partial charge in [0.15, 0.2) is 6.10 Å². The molecule has 1 N–H and O–H groups in total. The summed E-state index contributed by atoms with van der Waals surface area (Å²) in [6.07, 6.45) is 2.65. The average molecular weight is 450 g/mol. The first-order valence-electron chi connectivity index (χ1n) is 11.0. The molecule has 0 bridgehead atoms. The Hall–Kier alpha value is -3.12. The predicted octanol–water partition coefficient (Wildman–Crippen LogP) is 5.88. The monoisotopic (exact) mass is 449 g/mol. The predicted molar refractivity (Wildman–Crippen MR) is 128 cm³/mol. The van der Waals surface area contributed by atoms with E-state index in [4.69, 9.17) is 9.47 Å². The summed E-state index contributed by atoms with van der Waals surface area (Å²) in [5.41, 5.74) is 3.75. The van der Waals surface area contributed by atoms with Crippen LogP contribution in [0.5, 0.6) is 5.75 Å². The average Bonchev–Trinajstić information content (AvgIpc) is 3.39. The first-order chi connectivity index (χ1) is 15.6. The van der Waals surface area contributed by atoms with Crippen molar-refractivity contribution in [2.75, 3.05) is 11.9 Å². The van der Waals surface area contributed by atoms with Crippen LogP contribution in [0.3, 0.4) is 0 Å². The largest absolute Gasteiger partial charge is 0.481 e. The minimum Gasteiger partial charge on any atom is -0.481 e. The smallest absolute Gasteiger partial charge is 0.341 e. The Morgan fingerprint density at radius 1 is 1.00 bits per heavy atom. The molecule has 0 radical (unpaired) electrons. The minimum absolute atomic E-state index is 0.259. The first-order valence-corrected chi connectivity index (χ1v) is 11.9. The fourth-order valence-corrected chi connectivity index (χ4v) is 5.23. The van der Waals surface area contributed by atoms with E-state index in [1.165, 1.54) is 11.3 Å². The Bertz CT molecular complexity index is 1090. The van der Waals surface area contributed by atoms with Crippen LogP contribution < -0.4 is 10.1 Å². The summed E-state index contributed by atoms with van der Waals surface area (Å²) in [5.74, 6) is 0.00347. The van der Waals surface area contributed by atoms with Crippen LogP contribution in [0.4, 0.5) is 5.00 Å². The van der Waals surface area contributed by atoms with Gasteiger partial charge in [-0.05, 0) is 61.4 Å². The molecule has 32 heavy (non-hydrogen) atoms. The second-order valence-electron chi connectivity index (χ2n) is 7.68. The van der Waals surface area contributed by atoms with Crippen LogP contribution in [0, 0.1) is 0 Å². The lowest BCUT2D eigenvalue weighted by molar-refractivity contribution is -0.122. The summed E-state index contributed by atoms with van der Waals surface area (Å²) in [6.45, 7) is 3.99. The Labute approximate surface area is 192 Å². The molecule has 1 amide bonds. The first kappa shape index (κ1) is 22.1. The highest BCUT2D eigenvalue weighted by molar-refractivity contribution is 7.17. The molecule has 0 aliphatic heterocycles. The molecule has 5 nitrogen and oxygen atoms in total. The molecule has 166 valence electrons. The molecule has 3 aromatic rings. The minimum atomic E-state index is -0.662. The SMILES string of the molecule is CCOC(=O)c1c(NC(=O)C(CC)Oc2ccc(-c3ccccc3)cc2)sc2c1CCC2. The molecular weight excluding hydrogens is 422 g/mol. The van der Waals surface area contributed by atoms with Crippen molar-refractivity contribution < 1.29 is 19.1 Å². The van der Waals surface area contributed by atoms with E-state index in [0.717, 1.165) is 40.8 Å². The van der Waals surface area contributed by atoms with Crippen molar-refractivity contribution in [3.8, 4) is 16.9 Å². The van der Waals surface area contributed by atoms with Crippen LogP contribution >= 0.6 is 11.3 Å². The van der Waals surface area contributed by atoms with Crippen LogP contribution in [-0.4, -0.2) is 24.6 Å². The van der Waals surface area contributed by atoms with Gasteiger partial charge in [0.1, 0.15) is 10.8 Å². The molecule has 6 heteroatoms. The summed E-state index contributed by atoms with van der Waals surface area (Å²) in [6, 6.07) is 17.8. The number of hydrogen-bond donors (Lipinski definition) is 1. The van der Waals surface area contributed by atoms with Gasteiger partial charge in [-0.2, -0.15) is 0 Å². The molecule has 0 fully saturated rings. The maximum Gasteiger partial charge on any atom is 0.341 e. The number of amides is 1. The molecule has 1 aliphatic carbocycles. The van der Waals surface area contributed by atoms with Crippen LogP contribution in [0.1, 0.15) is 47.5 Å². The number of esters is 1. The molecule has 1 heterocycles. The van der Waals surface area contributed by atoms with E-state index in [-0.39, 0.29) is 11.9 Å². The lowest BCUT2D eigenvalue weighted by Crippen LogP contribution is -2.32. The number of aryl methyl sites for hydroxylation is 1. The number of carbonyl (C=O) groups excluding carboxylic acids is 2. The number of ether oxygens (including phenoxy) is 2. The summed E-state index contributed by atoms with van der Waals surface area (Å²) in [7, 11) is 0. The molecule has 1 atom stereocenters. The standard InChI is InChI=1S/C26H27NO4S/c1-3-21(31-19-15-13-18(14-16-19)17-9-6-5-7-10-17)24(28)27-25-23(26(29)30-4-2)20-11-8-12-22(20)32-25/h5-7,9-10,13-16,21H,3-4,8,11-12H2,1-2H3,(H,27,28). The van der Waals surface area contributed by atoms with E-state index in [1.54, 1.807) is 6.92 Å². The highest BCUT2D eigenvalue weighted by atomic mass is 32.1. The number of hydrogen-bond acceptors (Lipinski definition) is 5. The molecule has 0 saturated carbocycles. The van der Waals surface area contributed by atoms with E-state index >= 15 is 0 Å². The highest BCUT2D eigenvalue weighted by Crippen LogP contribution is 2.39. The van der Waals surface area contributed by atoms with Gasteiger partial charge in [-0.25, -0.2) is 4.79 Å². The van der Waals surface area contributed by atoms with Gasteiger partial charge in [0.25, 0.3) is 5.91 Å². The van der Waals surface area contributed by atoms with Gasteiger partial charge in [-0.1, -0.05) is 49.4 Å². The third-order valence-corrected chi connectivity index (χ3v) is 6.75. The molecule has 0 spiro atoms. The number of anilines is 1. The van der Waals surface area contributed by atoms with Crippen LogP contribution in [0.25, 0.3) is 11.1 Å². The van der Waals surface area contributed by atoms with Crippen molar-refractivity contribution in [3.63, 3.8) is 0 Å². The van der Waals surface area contributed by atoms with Gasteiger partial charge >= 0.3 is 5.97 Å². The quantitative estimate of drug-likeness (QED) is 0.437. The topological polar surface area (TPSA) is 64.6 Å². The zero-order valence-corrected chi connectivity index (χ0v) is 19.2. The Morgan fingerprint density at radius 2 is 1.72 bits per heavy atom. The van der Waals surface area contributed by atoms with E-state index in [1.807, 2.05) is 49.4 Å². The third-order valence-electron chi connectivity index (χ3n) is 5.54. The Balaban J connectivity index is 1.48. The molecule has 1 aromatic heterocycles. The third kappa shape index (κ3) is 4.70. The van der Waals surface area contributed by atoms with Crippen LogP contribution in [0.15, 0.2) is 54.6 Å². The van der Waals surface area contributed by atoms with Gasteiger partial charge < -0.3 is 14.8 Å². The summed E-state index contributed by atoms with van der Waals surface area (Å²) < 4.78 is 11.2. The zero-order chi connectivity index (χ0) is 22.5. The lowest BCUT2D eigenvalue weighted by atomic mass is 10.1. The Morgan fingerprint density at radius 3 is 2.41 bits per heavy atom. The summed E-state index contributed by atoms with van der Waals surface area (Å²) in [4.78, 5) is 26.7. The molecule has 0 saturated heterocycles. The van der Waals surface area contributed by atoms with Crippen molar-refractivity contribution in [3.05, 3.63) is 70.6 Å². The zero-order valence-electron chi connectivity index (χ0n) is 18.4. The molecule has 4 rings (SSSR count). The van der Waals surface area contributed by atoms with Crippen molar-refractivity contribution in [1.82, 2.24) is 0 Å². The van der Waals surface area contributed by atoms with Crippen molar-refractivity contribution in [2.45, 2.75) is 45.6 Å². The van der Waals surface area contributed by atoms with Crippen molar-refractivity contribution >= 4 is 28.2 Å². The maximum atomic E-state index is 13.0. The normalized spacial score (nSPS) is 13.3. The van der Waals surface area contributed by atoms with Gasteiger partial charge in [-0.15, -0.1) is 11.3 Å². The van der Waals surface area contributed by atoms with E-state index < -0.39 is 6.10 Å². The fourth-order valence-electron chi connectivity index (χ4n) is 3.95. The van der Waals surface area contributed by atoms with Gasteiger partial charge in [0.05, 0.1) is 12.2 Å². The van der Waals surface area contributed by atoms with Gasteiger partial charge in [-0.3, -0.25) is 4.79 Å². The van der Waals surface area contributed by atoms with Gasteiger partial charge in [0.2, 0.25) is 0 Å². The number of benzene rings is 2. The maximum absolute atomic E-state index is 13.0. The summed E-state index contributed by atoms with van der Waals surface area (Å²) in [5, 5.41) is 3.51. The molecule has 1 unspecified atom stereocenters. The van der Waals surface area contributed by atoms with E-state index in [2.05, 4.69) is 17.4 Å². The van der Waals surface area contributed by atoms with E-state index in [9.17, 15) is 9.59 Å². The number of fused-ring (bicyclic) bond motifs is 1. The summed E-state index contributed by atoms with van der Waals surface area (Å²) >= 11 is 1.48. The number of carbonyl (C=O) groups is 2. The Kier molecular flexibility index (Phi) is 6.90. The second-order valence-corrected chi connectivity index (χ2v) is 8.78. The molecule has 2 aromatic carbocycles. The van der Waals surface area contributed by atoms with Crippen molar-refractivity contribution in [2.24, 2.45) is 0 Å². The van der Waals surface area contributed by atoms with Crippen LogP contribution in [-0.2, 0) is 22.4 Å². The highest BCUT2D eigenvalue weighted by Gasteiger charge is 2.30. The fraction of sp³-hybridized carbons (Fsp3) is 0.308. The molecule has 1 aliphatic rings. The van der Waals surface area contributed by atoms with Crippen molar-refractivity contribution in [1.29, 1.82) is 0 Å². The number of nitrogens with one attached hydrogen (secondary N) is 1. The number of rotatable bonds is 8. The number of thiophene rings is 1. The van der Waals surface area contributed by atoms with E-state index in [0.29, 0.717) is 29.3 Å². The van der Waals surface area contributed by atoms with Gasteiger partial charge in [0, 0.05) is 4.88 Å². The molecular formula is C26H27NO4S. The van der Waals surface area contributed by atoms with Crippen LogP contribution in [0.2, 0.25) is 0 Å². The second kappa shape index (κ2) is 10.0. The lowest BCUT2D eigenvalue weighted by Gasteiger charge is -2.18.